The topological polar surface area (TPSA) is 89.3 Å². The molecule has 1 aromatic rings. The lowest BCUT2D eigenvalue weighted by Gasteiger charge is -2.27. The Morgan fingerprint density at radius 3 is 2.48 bits per heavy atom. The van der Waals surface area contributed by atoms with Gasteiger partial charge in [0.25, 0.3) is 5.91 Å². The molecule has 0 unspecified atom stereocenters. The van der Waals surface area contributed by atoms with Crippen molar-refractivity contribution in [2.24, 2.45) is 11.1 Å². The third kappa shape index (κ3) is 4.01. The van der Waals surface area contributed by atoms with Crippen molar-refractivity contribution in [2.45, 2.75) is 43.5 Å². The first-order valence-electron chi connectivity index (χ1n) is 6.90. The Kier molecular flexibility index (Phi) is 4.63. The fraction of sp³-hybridized carbons (Fsp3) is 0.500. The molecule has 7 heteroatoms. The number of hydrogen-bond donors (Lipinski definition) is 2. The zero-order valence-electron chi connectivity index (χ0n) is 11.8. The Labute approximate surface area is 123 Å². The maximum atomic E-state index is 13.7. The predicted octanol–water partition coefficient (Wildman–Crippen LogP) is 1.78. The molecule has 0 heterocycles. The van der Waals surface area contributed by atoms with Gasteiger partial charge in [-0.1, -0.05) is 6.92 Å². The molecular weight excluding hydrogens is 295 g/mol. The van der Waals surface area contributed by atoms with Crippen LogP contribution in [0.4, 0.5) is 4.39 Å². The van der Waals surface area contributed by atoms with E-state index in [1.54, 1.807) is 0 Å². The highest BCUT2D eigenvalue weighted by Crippen LogP contribution is 2.24. The van der Waals surface area contributed by atoms with Gasteiger partial charge >= 0.3 is 0 Å². The molecule has 0 radical (unpaired) electrons. The molecule has 0 aromatic heterocycles. The summed E-state index contributed by atoms with van der Waals surface area (Å²) in [5, 5.41) is 7.75. The summed E-state index contributed by atoms with van der Waals surface area (Å²) in [6, 6.07) is 2.97. The molecule has 0 saturated heterocycles. The first-order valence-corrected chi connectivity index (χ1v) is 8.45. The van der Waals surface area contributed by atoms with Gasteiger partial charge in [-0.15, -0.1) is 0 Å². The Morgan fingerprint density at radius 1 is 1.29 bits per heavy atom. The molecule has 1 aromatic carbocycles. The average Bonchev–Trinajstić information content (AvgIpc) is 2.40. The van der Waals surface area contributed by atoms with Crippen molar-refractivity contribution in [3.8, 4) is 0 Å². The Morgan fingerprint density at radius 2 is 1.90 bits per heavy atom. The fourth-order valence-corrected chi connectivity index (χ4v) is 3.06. The largest absolute Gasteiger partial charge is 0.349 e. The van der Waals surface area contributed by atoms with Crippen molar-refractivity contribution in [3.63, 3.8) is 0 Å². The molecule has 1 fully saturated rings. The molecule has 1 aliphatic carbocycles. The number of amides is 1. The van der Waals surface area contributed by atoms with Crippen LogP contribution < -0.4 is 10.5 Å². The van der Waals surface area contributed by atoms with E-state index in [2.05, 4.69) is 12.2 Å². The minimum Gasteiger partial charge on any atom is -0.349 e. The summed E-state index contributed by atoms with van der Waals surface area (Å²) in [5.41, 5.74) is -0.292. The minimum absolute atomic E-state index is 0.00578. The van der Waals surface area contributed by atoms with E-state index in [0.29, 0.717) is 5.92 Å². The molecule has 1 saturated carbocycles. The first-order chi connectivity index (χ1) is 9.77. The smallest absolute Gasteiger partial charge is 0.254 e. The van der Waals surface area contributed by atoms with E-state index >= 15 is 0 Å². The van der Waals surface area contributed by atoms with E-state index in [-0.39, 0.29) is 16.5 Å². The minimum atomic E-state index is -3.96. The fourth-order valence-electron chi connectivity index (χ4n) is 2.52. The van der Waals surface area contributed by atoms with Crippen LogP contribution in [0.2, 0.25) is 0 Å². The van der Waals surface area contributed by atoms with E-state index < -0.39 is 21.7 Å². The standard InChI is InChI=1S/C14H19FN2O3S/c1-9-2-4-10(5-3-9)17-14(18)12-8-11(21(16,19)20)6-7-13(12)15/h6-10H,2-5H2,1H3,(H,17,18)(H2,16,19,20). The van der Waals surface area contributed by atoms with Crippen LogP contribution >= 0.6 is 0 Å². The van der Waals surface area contributed by atoms with E-state index in [0.717, 1.165) is 43.9 Å². The summed E-state index contributed by atoms with van der Waals surface area (Å²) in [6.45, 7) is 2.16. The number of rotatable bonds is 3. The highest BCUT2D eigenvalue weighted by atomic mass is 32.2. The molecule has 5 nitrogen and oxygen atoms in total. The van der Waals surface area contributed by atoms with Crippen LogP contribution in [0.15, 0.2) is 23.1 Å². The molecule has 1 amide bonds. The summed E-state index contributed by atoms with van der Waals surface area (Å²) in [6.07, 6.45) is 3.74. The van der Waals surface area contributed by atoms with Crippen molar-refractivity contribution in [1.82, 2.24) is 5.32 Å². The highest BCUT2D eigenvalue weighted by molar-refractivity contribution is 7.89. The van der Waals surface area contributed by atoms with Crippen molar-refractivity contribution in [2.75, 3.05) is 0 Å². The molecule has 3 N–H and O–H groups in total. The molecule has 1 aliphatic rings. The number of hydrogen-bond acceptors (Lipinski definition) is 3. The Hall–Kier alpha value is -1.47. The third-order valence-corrected chi connectivity index (χ3v) is 4.77. The maximum absolute atomic E-state index is 13.7. The van der Waals surface area contributed by atoms with Crippen LogP contribution in [0.5, 0.6) is 0 Å². The summed E-state index contributed by atoms with van der Waals surface area (Å²) < 4.78 is 36.3. The highest BCUT2D eigenvalue weighted by Gasteiger charge is 2.22. The van der Waals surface area contributed by atoms with E-state index in [1.807, 2.05) is 0 Å². The average molecular weight is 314 g/mol. The van der Waals surface area contributed by atoms with Gasteiger partial charge < -0.3 is 5.32 Å². The number of carbonyl (C=O) groups is 1. The first kappa shape index (κ1) is 15.9. The number of benzene rings is 1. The zero-order valence-corrected chi connectivity index (χ0v) is 12.6. The number of sulfonamides is 1. The Bertz CT molecular complexity index is 638. The van der Waals surface area contributed by atoms with Crippen LogP contribution in [-0.4, -0.2) is 20.4 Å². The van der Waals surface area contributed by atoms with E-state index in [9.17, 15) is 17.6 Å². The number of primary sulfonamides is 1. The lowest BCUT2D eigenvalue weighted by atomic mass is 9.87. The molecule has 0 aliphatic heterocycles. The van der Waals surface area contributed by atoms with Crippen LogP contribution in [-0.2, 0) is 10.0 Å². The number of nitrogens with two attached hydrogens (primary N) is 1. The Balaban J connectivity index is 2.15. The monoisotopic (exact) mass is 314 g/mol. The van der Waals surface area contributed by atoms with Gasteiger partial charge in [-0.25, -0.2) is 17.9 Å². The van der Waals surface area contributed by atoms with Crippen molar-refractivity contribution in [3.05, 3.63) is 29.6 Å². The lowest BCUT2D eigenvalue weighted by molar-refractivity contribution is 0.0918. The van der Waals surface area contributed by atoms with Crippen molar-refractivity contribution >= 4 is 15.9 Å². The molecule has 0 atom stereocenters. The number of halogens is 1. The van der Waals surface area contributed by atoms with Crippen LogP contribution in [0, 0.1) is 11.7 Å². The van der Waals surface area contributed by atoms with Gasteiger partial charge in [-0.05, 0) is 49.8 Å². The van der Waals surface area contributed by atoms with Crippen LogP contribution in [0.25, 0.3) is 0 Å². The van der Waals surface area contributed by atoms with E-state index in [1.165, 1.54) is 0 Å². The summed E-state index contributed by atoms with van der Waals surface area (Å²) in [4.78, 5) is 11.8. The quantitative estimate of drug-likeness (QED) is 0.891. The SMILES string of the molecule is CC1CCC(NC(=O)c2cc(S(N)(=O)=O)ccc2F)CC1. The number of carbonyl (C=O) groups excluding carboxylic acids is 1. The molecular formula is C14H19FN2O3S. The molecule has 0 bridgehead atoms. The predicted molar refractivity (Wildman–Crippen MR) is 76.7 cm³/mol. The van der Waals surface area contributed by atoms with E-state index in [4.69, 9.17) is 5.14 Å². The summed E-state index contributed by atoms with van der Waals surface area (Å²) in [5.74, 6) is -0.720. The van der Waals surface area contributed by atoms with Gasteiger partial charge in [0.1, 0.15) is 5.82 Å². The maximum Gasteiger partial charge on any atom is 0.254 e. The van der Waals surface area contributed by atoms with Gasteiger partial charge in [0.15, 0.2) is 0 Å². The number of nitrogens with one attached hydrogen (secondary N) is 1. The lowest BCUT2D eigenvalue weighted by Crippen LogP contribution is -2.37. The van der Waals surface area contributed by atoms with Gasteiger partial charge in [0.2, 0.25) is 10.0 Å². The van der Waals surface area contributed by atoms with Crippen LogP contribution in [0.1, 0.15) is 43.0 Å². The normalized spacial score (nSPS) is 22.8. The second-order valence-electron chi connectivity index (χ2n) is 5.62. The van der Waals surface area contributed by atoms with Gasteiger partial charge in [0, 0.05) is 6.04 Å². The summed E-state index contributed by atoms with van der Waals surface area (Å²) in [7, 11) is -3.96. The second kappa shape index (κ2) is 6.11. The van der Waals surface area contributed by atoms with Crippen molar-refractivity contribution in [1.29, 1.82) is 0 Å². The van der Waals surface area contributed by atoms with Gasteiger partial charge in [0.05, 0.1) is 10.5 Å². The van der Waals surface area contributed by atoms with Crippen LogP contribution in [0.3, 0.4) is 0 Å². The van der Waals surface area contributed by atoms with Crippen molar-refractivity contribution < 1.29 is 17.6 Å². The van der Waals surface area contributed by atoms with Gasteiger partial charge in [-0.2, -0.15) is 0 Å². The zero-order chi connectivity index (χ0) is 15.6. The summed E-state index contributed by atoms with van der Waals surface area (Å²) >= 11 is 0. The molecule has 0 spiro atoms. The molecule has 2 rings (SSSR count). The third-order valence-electron chi connectivity index (χ3n) is 3.86. The molecule has 21 heavy (non-hydrogen) atoms. The molecule has 116 valence electrons. The van der Waals surface area contributed by atoms with Gasteiger partial charge in [-0.3, -0.25) is 4.79 Å². The second-order valence-corrected chi connectivity index (χ2v) is 7.18.